The van der Waals surface area contributed by atoms with E-state index < -0.39 is 23.8 Å². The predicted octanol–water partition coefficient (Wildman–Crippen LogP) is 1.42. The van der Waals surface area contributed by atoms with E-state index in [9.17, 15) is 19.2 Å². The molecule has 1 aromatic rings. The first-order chi connectivity index (χ1) is 14.5. The van der Waals surface area contributed by atoms with Crippen LogP contribution in [-0.4, -0.2) is 53.7 Å². The van der Waals surface area contributed by atoms with Crippen LogP contribution in [0.2, 0.25) is 0 Å². The minimum atomic E-state index is -0.930. The molecule has 0 bridgehead atoms. The number of anilines is 1. The summed E-state index contributed by atoms with van der Waals surface area (Å²) in [5, 5.41) is 9.21. The Balaban J connectivity index is 1.31. The number of nitrogens with zero attached hydrogens (tertiary/aromatic N) is 1. The Morgan fingerprint density at radius 3 is 2.50 bits per heavy atom. The second-order valence-electron chi connectivity index (χ2n) is 9.04. The van der Waals surface area contributed by atoms with Gasteiger partial charge in [-0.25, -0.2) is 0 Å². The Labute approximate surface area is 174 Å². The first-order valence-corrected chi connectivity index (χ1v) is 10.8. The van der Waals surface area contributed by atoms with Crippen LogP contribution in [0, 0.1) is 5.41 Å². The molecule has 3 fully saturated rings. The molecular weight excluding hydrogens is 384 g/mol. The van der Waals surface area contributed by atoms with Crippen LogP contribution in [0.25, 0.3) is 0 Å². The summed E-state index contributed by atoms with van der Waals surface area (Å²) >= 11 is 0. The van der Waals surface area contributed by atoms with Gasteiger partial charge in [0.25, 0.3) is 11.8 Å². The molecule has 2 saturated heterocycles. The van der Waals surface area contributed by atoms with Crippen molar-refractivity contribution >= 4 is 29.3 Å². The van der Waals surface area contributed by atoms with E-state index >= 15 is 0 Å². The summed E-state index contributed by atoms with van der Waals surface area (Å²) in [6, 6.07) is 4.67. The normalized spacial score (nSPS) is 28.1. The molecule has 0 radical (unpaired) electrons. The van der Waals surface area contributed by atoms with E-state index in [-0.39, 0.29) is 18.7 Å². The van der Waals surface area contributed by atoms with Crippen LogP contribution in [-0.2, 0) is 9.59 Å². The first kappa shape index (κ1) is 19.2. The zero-order valence-corrected chi connectivity index (χ0v) is 16.8. The van der Waals surface area contributed by atoms with Crippen molar-refractivity contribution in [2.75, 3.05) is 18.4 Å². The van der Waals surface area contributed by atoms with Crippen molar-refractivity contribution in [1.82, 2.24) is 15.5 Å². The maximum absolute atomic E-state index is 13.0. The molecule has 5 rings (SSSR count). The molecule has 0 aromatic heterocycles. The lowest BCUT2D eigenvalue weighted by Gasteiger charge is -2.34. The number of hydrogen-bond acceptors (Lipinski definition) is 6. The van der Waals surface area contributed by atoms with Gasteiger partial charge in [0.2, 0.25) is 11.8 Å². The molecule has 158 valence electrons. The van der Waals surface area contributed by atoms with Gasteiger partial charge in [0.1, 0.15) is 6.04 Å². The van der Waals surface area contributed by atoms with Crippen molar-refractivity contribution in [2.45, 2.75) is 57.0 Å². The number of benzene rings is 1. The lowest BCUT2D eigenvalue weighted by molar-refractivity contribution is -0.136. The minimum absolute atomic E-state index is 0.121. The Bertz CT molecular complexity index is 937. The Kier molecular flexibility index (Phi) is 4.61. The Morgan fingerprint density at radius 1 is 0.967 bits per heavy atom. The summed E-state index contributed by atoms with van der Waals surface area (Å²) in [6.45, 7) is 2.16. The van der Waals surface area contributed by atoms with Crippen molar-refractivity contribution in [3.8, 4) is 0 Å². The minimum Gasteiger partial charge on any atom is -0.382 e. The van der Waals surface area contributed by atoms with E-state index in [2.05, 4.69) is 16.0 Å². The standard InChI is InChI=1S/C22H26N4O4/c27-18-4-3-17(19(28)25-18)26-20(29)15-2-1-13(11-16(15)21(26)30)24-14-5-6-22(12-14)7-9-23-10-8-22/h1-2,11,14,17,23-24H,3-10,12H2,(H,25,27,28). The largest absolute Gasteiger partial charge is 0.382 e. The maximum atomic E-state index is 13.0. The highest BCUT2D eigenvalue weighted by atomic mass is 16.2. The number of amides is 4. The number of fused-ring (bicyclic) bond motifs is 1. The highest BCUT2D eigenvalue weighted by Crippen LogP contribution is 2.46. The maximum Gasteiger partial charge on any atom is 0.262 e. The molecule has 8 nitrogen and oxygen atoms in total. The Hall–Kier alpha value is -2.74. The van der Waals surface area contributed by atoms with E-state index in [1.807, 2.05) is 6.07 Å². The fourth-order valence-electron chi connectivity index (χ4n) is 5.54. The van der Waals surface area contributed by atoms with Gasteiger partial charge >= 0.3 is 0 Å². The van der Waals surface area contributed by atoms with E-state index in [4.69, 9.17) is 0 Å². The van der Waals surface area contributed by atoms with Crippen LogP contribution >= 0.6 is 0 Å². The van der Waals surface area contributed by atoms with Crippen LogP contribution in [0.3, 0.4) is 0 Å². The molecule has 3 heterocycles. The molecule has 4 amide bonds. The van der Waals surface area contributed by atoms with Gasteiger partial charge in [-0.15, -0.1) is 0 Å². The topological polar surface area (TPSA) is 108 Å². The number of hydrogen-bond donors (Lipinski definition) is 3. The van der Waals surface area contributed by atoms with Crippen molar-refractivity contribution in [1.29, 1.82) is 0 Å². The zero-order chi connectivity index (χ0) is 20.9. The van der Waals surface area contributed by atoms with Crippen LogP contribution in [0.4, 0.5) is 5.69 Å². The summed E-state index contributed by atoms with van der Waals surface area (Å²) in [4.78, 5) is 50.4. The number of nitrogens with one attached hydrogen (secondary N) is 3. The quantitative estimate of drug-likeness (QED) is 0.651. The molecule has 1 aliphatic carbocycles. The van der Waals surface area contributed by atoms with E-state index in [1.54, 1.807) is 12.1 Å². The SMILES string of the molecule is O=C1CCC(N2C(=O)c3ccc(NC4CCC5(CCNCC5)C4)cc3C2=O)C(=O)N1. The molecule has 30 heavy (non-hydrogen) atoms. The van der Waals surface area contributed by atoms with E-state index in [0.717, 1.165) is 36.5 Å². The van der Waals surface area contributed by atoms with Crippen LogP contribution in [0.5, 0.6) is 0 Å². The van der Waals surface area contributed by atoms with Crippen LogP contribution < -0.4 is 16.0 Å². The number of piperidine rings is 2. The molecular formula is C22H26N4O4. The zero-order valence-electron chi connectivity index (χ0n) is 16.8. The molecule has 2 unspecified atom stereocenters. The molecule has 4 aliphatic rings. The molecule has 3 N–H and O–H groups in total. The molecule has 1 aromatic carbocycles. The van der Waals surface area contributed by atoms with E-state index in [0.29, 0.717) is 22.6 Å². The van der Waals surface area contributed by atoms with Gasteiger partial charge in [-0.05, 0) is 75.2 Å². The van der Waals surface area contributed by atoms with Gasteiger partial charge in [-0.1, -0.05) is 0 Å². The van der Waals surface area contributed by atoms with Crippen molar-refractivity contribution < 1.29 is 19.2 Å². The van der Waals surface area contributed by atoms with Crippen molar-refractivity contribution in [3.05, 3.63) is 29.3 Å². The second kappa shape index (κ2) is 7.19. The van der Waals surface area contributed by atoms with Crippen LogP contribution in [0.15, 0.2) is 18.2 Å². The summed E-state index contributed by atoms with van der Waals surface area (Å²) < 4.78 is 0. The summed E-state index contributed by atoms with van der Waals surface area (Å²) in [5.74, 6) is -1.89. The van der Waals surface area contributed by atoms with Gasteiger partial charge in [0.05, 0.1) is 11.1 Å². The first-order valence-electron chi connectivity index (χ1n) is 10.8. The van der Waals surface area contributed by atoms with Crippen molar-refractivity contribution in [2.24, 2.45) is 5.41 Å². The average Bonchev–Trinajstić information content (AvgIpc) is 3.21. The van der Waals surface area contributed by atoms with Gasteiger partial charge in [0, 0.05) is 18.2 Å². The van der Waals surface area contributed by atoms with Crippen LogP contribution in [0.1, 0.15) is 65.7 Å². The van der Waals surface area contributed by atoms with Gasteiger partial charge in [0.15, 0.2) is 0 Å². The molecule has 1 spiro atoms. The number of imide groups is 2. The third-order valence-electron chi connectivity index (χ3n) is 7.18. The Morgan fingerprint density at radius 2 is 1.73 bits per heavy atom. The highest BCUT2D eigenvalue weighted by molar-refractivity contribution is 6.23. The fourth-order valence-corrected chi connectivity index (χ4v) is 5.54. The van der Waals surface area contributed by atoms with Gasteiger partial charge in [-0.2, -0.15) is 0 Å². The lowest BCUT2D eigenvalue weighted by atomic mass is 9.77. The smallest absolute Gasteiger partial charge is 0.262 e. The summed E-state index contributed by atoms with van der Waals surface area (Å²) in [5.41, 5.74) is 1.89. The molecule has 3 aliphatic heterocycles. The summed E-state index contributed by atoms with van der Waals surface area (Å²) in [7, 11) is 0. The average molecular weight is 410 g/mol. The lowest BCUT2D eigenvalue weighted by Crippen LogP contribution is -2.54. The van der Waals surface area contributed by atoms with E-state index in [1.165, 1.54) is 19.3 Å². The predicted molar refractivity (Wildman–Crippen MR) is 109 cm³/mol. The molecule has 2 atom stereocenters. The van der Waals surface area contributed by atoms with Gasteiger partial charge in [-0.3, -0.25) is 29.4 Å². The number of carbonyl (C=O) groups is 4. The third-order valence-corrected chi connectivity index (χ3v) is 7.18. The second-order valence-corrected chi connectivity index (χ2v) is 9.04. The molecule has 8 heteroatoms. The number of rotatable bonds is 3. The van der Waals surface area contributed by atoms with Gasteiger partial charge < -0.3 is 10.6 Å². The third kappa shape index (κ3) is 3.19. The molecule has 1 saturated carbocycles. The fraction of sp³-hybridized carbons (Fsp3) is 0.545. The monoisotopic (exact) mass is 410 g/mol. The summed E-state index contributed by atoms with van der Waals surface area (Å²) in [6.07, 6.45) is 6.16. The highest BCUT2D eigenvalue weighted by Gasteiger charge is 2.45. The van der Waals surface area contributed by atoms with Crippen molar-refractivity contribution in [3.63, 3.8) is 0 Å². The number of carbonyl (C=O) groups excluding carboxylic acids is 4.